The summed E-state index contributed by atoms with van der Waals surface area (Å²) in [6, 6.07) is 4.60. The molecule has 2 rings (SSSR count). The molecule has 6 heteroatoms. The predicted octanol–water partition coefficient (Wildman–Crippen LogP) is 4.04. The summed E-state index contributed by atoms with van der Waals surface area (Å²) >= 11 is 9.41. The quantitative estimate of drug-likeness (QED) is 0.791. The maximum atomic E-state index is 13.9. The monoisotopic (exact) mass is 331 g/mol. The Bertz CT molecular complexity index is 536. The molecule has 0 radical (unpaired) electrons. The van der Waals surface area contributed by atoms with Gasteiger partial charge in [0.1, 0.15) is 11.6 Å². The minimum absolute atomic E-state index is 0.312. The topological polar surface area (TPSA) is 30.7 Å². The van der Waals surface area contributed by atoms with E-state index in [9.17, 15) is 4.39 Å². The van der Waals surface area contributed by atoms with Crippen LogP contribution in [-0.2, 0) is 11.9 Å². The lowest BCUT2D eigenvalue weighted by Gasteiger charge is -2.09. The molecule has 0 amide bonds. The van der Waals surface area contributed by atoms with Gasteiger partial charge in [0.2, 0.25) is 0 Å². The van der Waals surface area contributed by atoms with Gasteiger partial charge < -0.3 is 4.57 Å². The molecule has 0 unspecified atom stereocenters. The normalized spacial score (nSPS) is 10.9. The third kappa shape index (κ3) is 2.42. The van der Waals surface area contributed by atoms with E-state index in [1.54, 1.807) is 12.1 Å². The zero-order valence-corrected chi connectivity index (χ0v) is 12.2. The van der Waals surface area contributed by atoms with Gasteiger partial charge in [-0.05, 0) is 18.6 Å². The highest BCUT2D eigenvalue weighted by atomic mass is 79.9. The minimum atomic E-state index is -0.381. The van der Waals surface area contributed by atoms with E-state index in [1.165, 1.54) is 6.07 Å². The van der Waals surface area contributed by atoms with Crippen molar-refractivity contribution in [1.82, 2.24) is 14.8 Å². The van der Waals surface area contributed by atoms with Crippen LogP contribution in [0, 0.1) is 5.82 Å². The lowest BCUT2D eigenvalue weighted by Crippen LogP contribution is -2.05. The molecular weight excluding hydrogens is 321 g/mol. The molecule has 1 aromatic carbocycles. The number of aromatic nitrogens is 3. The van der Waals surface area contributed by atoms with E-state index >= 15 is 0 Å². The molecule has 0 fully saturated rings. The van der Waals surface area contributed by atoms with Gasteiger partial charge in [-0.1, -0.05) is 40.5 Å². The Hall–Kier alpha value is -0.940. The molecule has 2 aromatic rings. The second-order valence-electron chi connectivity index (χ2n) is 3.82. The molecule has 3 nitrogen and oxygen atoms in total. The molecule has 0 aliphatic rings. The van der Waals surface area contributed by atoms with E-state index in [1.807, 2.05) is 11.5 Å². The Kier molecular flexibility index (Phi) is 4.35. The van der Waals surface area contributed by atoms with E-state index in [2.05, 4.69) is 26.1 Å². The van der Waals surface area contributed by atoms with E-state index < -0.39 is 0 Å². The van der Waals surface area contributed by atoms with E-state index in [4.69, 9.17) is 11.6 Å². The minimum Gasteiger partial charge on any atom is -0.310 e. The van der Waals surface area contributed by atoms with Crippen LogP contribution in [0.4, 0.5) is 4.39 Å². The average molecular weight is 333 g/mol. The van der Waals surface area contributed by atoms with Crippen molar-refractivity contribution in [2.24, 2.45) is 0 Å². The van der Waals surface area contributed by atoms with Crippen molar-refractivity contribution in [2.45, 2.75) is 25.2 Å². The second-order valence-corrected chi connectivity index (χ2v) is 4.79. The zero-order valence-electron chi connectivity index (χ0n) is 9.83. The fourth-order valence-corrected chi connectivity index (χ4v) is 2.45. The smallest absolute Gasteiger partial charge is 0.168 e. The number of hydrogen-bond donors (Lipinski definition) is 0. The van der Waals surface area contributed by atoms with Gasteiger partial charge in [0.05, 0.1) is 15.9 Å². The second kappa shape index (κ2) is 5.80. The summed E-state index contributed by atoms with van der Waals surface area (Å²) in [7, 11) is 0. The van der Waals surface area contributed by atoms with Crippen LogP contribution in [0.5, 0.6) is 0 Å². The Balaban J connectivity index is 2.60. The van der Waals surface area contributed by atoms with E-state index in [0.717, 1.165) is 18.8 Å². The summed E-state index contributed by atoms with van der Waals surface area (Å²) < 4.78 is 15.8. The highest BCUT2D eigenvalue weighted by molar-refractivity contribution is 9.08. The molecule has 0 atom stereocenters. The van der Waals surface area contributed by atoms with Crippen molar-refractivity contribution < 1.29 is 4.39 Å². The van der Waals surface area contributed by atoms with Crippen molar-refractivity contribution in [3.8, 4) is 11.4 Å². The average Bonchev–Trinajstić information content (AvgIpc) is 2.73. The van der Waals surface area contributed by atoms with Crippen LogP contribution in [-0.4, -0.2) is 14.8 Å². The van der Waals surface area contributed by atoms with Gasteiger partial charge in [0, 0.05) is 6.54 Å². The van der Waals surface area contributed by atoms with Crippen LogP contribution >= 0.6 is 27.5 Å². The van der Waals surface area contributed by atoms with Crippen LogP contribution in [0.3, 0.4) is 0 Å². The predicted molar refractivity (Wildman–Crippen MR) is 73.3 cm³/mol. The first-order valence-corrected chi connectivity index (χ1v) is 7.11. The Labute approximate surface area is 118 Å². The van der Waals surface area contributed by atoms with Gasteiger partial charge in [-0.15, -0.1) is 10.2 Å². The fourth-order valence-electron chi connectivity index (χ4n) is 1.79. The molecule has 18 heavy (non-hydrogen) atoms. The molecule has 0 aliphatic carbocycles. The highest BCUT2D eigenvalue weighted by Crippen LogP contribution is 2.30. The highest BCUT2D eigenvalue weighted by Gasteiger charge is 2.18. The van der Waals surface area contributed by atoms with Crippen molar-refractivity contribution >= 4 is 27.5 Å². The molecule has 96 valence electrons. The molecular formula is C12H12BrClFN3. The van der Waals surface area contributed by atoms with Crippen molar-refractivity contribution in [3.05, 3.63) is 34.9 Å². The van der Waals surface area contributed by atoms with Crippen LogP contribution in [0.2, 0.25) is 5.02 Å². The summed E-state index contributed by atoms with van der Waals surface area (Å²) in [5.74, 6) is 0.869. The Morgan fingerprint density at radius 1 is 1.39 bits per heavy atom. The molecule has 0 aliphatic heterocycles. The standard InChI is InChI=1S/C12H12BrClFN3/c1-2-6-18-10(7-13)16-17-12(18)11-8(14)4-3-5-9(11)15/h3-5H,2,6-7H2,1H3. The summed E-state index contributed by atoms with van der Waals surface area (Å²) in [6.07, 6.45) is 0.914. The first kappa shape index (κ1) is 13.5. The summed E-state index contributed by atoms with van der Waals surface area (Å²) in [5.41, 5.74) is 0.312. The van der Waals surface area contributed by atoms with Crippen molar-refractivity contribution in [2.75, 3.05) is 0 Å². The third-order valence-electron chi connectivity index (χ3n) is 2.58. The molecule has 1 heterocycles. The lowest BCUT2D eigenvalue weighted by molar-refractivity contribution is 0.621. The SMILES string of the molecule is CCCn1c(CBr)nnc1-c1c(F)cccc1Cl. The summed E-state index contributed by atoms with van der Waals surface area (Å²) in [5, 5.41) is 9.03. The van der Waals surface area contributed by atoms with Crippen LogP contribution in [0.25, 0.3) is 11.4 Å². The summed E-state index contributed by atoms with van der Waals surface area (Å²) in [6.45, 7) is 2.78. The van der Waals surface area contributed by atoms with Gasteiger partial charge in [-0.3, -0.25) is 0 Å². The van der Waals surface area contributed by atoms with Gasteiger partial charge in [0.15, 0.2) is 5.82 Å². The molecule has 0 saturated heterocycles. The number of nitrogens with zero attached hydrogens (tertiary/aromatic N) is 3. The van der Waals surface area contributed by atoms with Crippen molar-refractivity contribution in [3.63, 3.8) is 0 Å². The Morgan fingerprint density at radius 2 is 2.17 bits per heavy atom. The largest absolute Gasteiger partial charge is 0.310 e. The fraction of sp³-hybridized carbons (Fsp3) is 0.333. The van der Waals surface area contributed by atoms with Gasteiger partial charge in [-0.2, -0.15) is 0 Å². The molecule has 0 bridgehead atoms. The number of hydrogen-bond acceptors (Lipinski definition) is 2. The van der Waals surface area contributed by atoms with Crippen LogP contribution < -0.4 is 0 Å². The maximum absolute atomic E-state index is 13.9. The summed E-state index contributed by atoms with van der Waals surface area (Å²) in [4.78, 5) is 0. The first-order valence-electron chi connectivity index (χ1n) is 5.61. The third-order valence-corrected chi connectivity index (χ3v) is 3.40. The first-order chi connectivity index (χ1) is 8.69. The molecule has 0 saturated carbocycles. The number of alkyl halides is 1. The number of rotatable bonds is 4. The number of benzene rings is 1. The van der Waals surface area contributed by atoms with Gasteiger partial charge in [0.25, 0.3) is 0 Å². The number of halogens is 3. The molecule has 1 aromatic heterocycles. The van der Waals surface area contributed by atoms with Gasteiger partial charge in [-0.25, -0.2) is 4.39 Å². The van der Waals surface area contributed by atoms with Gasteiger partial charge >= 0.3 is 0 Å². The molecule has 0 N–H and O–H groups in total. The zero-order chi connectivity index (χ0) is 13.1. The van der Waals surface area contributed by atoms with Crippen LogP contribution in [0.1, 0.15) is 19.2 Å². The van der Waals surface area contributed by atoms with Crippen molar-refractivity contribution in [1.29, 1.82) is 0 Å². The van der Waals surface area contributed by atoms with E-state index in [0.29, 0.717) is 21.7 Å². The molecule has 0 spiro atoms. The lowest BCUT2D eigenvalue weighted by atomic mass is 10.2. The Morgan fingerprint density at radius 3 is 2.78 bits per heavy atom. The van der Waals surface area contributed by atoms with Crippen LogP contribution in [0.15, 0.2) is 18.2 Å². The maximum Gasteiger partial charge on any atom is 0.168 e. The van der Waals surface area contributed by atoms with E-state index in [-0.39, 0.29) is 5.82 Å².